The highest BCUT2D eigenvalue weighted by molar-refractivity contribution is 6.24. The fraction of sp³-hybridized carbons (Fsp3) is 0. The van der Waals surface area contributed by atoms with E-state index in [4.69, 9.17) is 5.21 Å². The summed E-state index contributed by atoms with van der Waals surface area (Å²) in [6.45, 7) is 0. The number of nitrogens with zero attached hydrogens (tertiary/aromatic N) is 1. The third kappa shape index (κ3) is 1.27. The highest BCUT2D eigenvalue weighted by Gasteiger charge is 2.26. The maximum atomic E-state index is 9.46. The third-order valence-corrected chi connectivity index (χ3v) is 2.91. The van der Waals surface area contributed by atoms with E-state index in [1.54, 1.807) is 36.4 Å². The molecule has 4 nitrogen and oxygen atoms in total. The van der Waals surface area contributed by atoms with Crippen molar-refractivity contribution in [1.29, 1.82) is 0 Å². The minimum Gasteiger partial charge on any atom is -0.508 e. The molecule has 4 heteroatoms. The van der Waals surface area contributed by atoms with Gasteiger partial charge in [-0.15, -0.1) is 0 Å². The van der Waals surface area contributed by atoms with Crippen LogP contribution in [0.5, 0.6) is 11.5 Å². The van der Waals surface area contributed by atoms with Gasteiger partial charge in [0.25, 0.3) is 0 Å². The molecule has 0 aromatic heterocycles. The first-order valence-corrected chi connectivity index (χ1v) is 5.10. The summed E-state index contributed by atoms with van der Waals surface area (Å²) in [5.41, 5.74) is 3.44. The van der Waals surface area contributed by atoms with Gasteiger partial charge in [0.2, 0.25) is 0 Å². The Balaban J connectivity index is 2.37. The van der Waals surface area contributed by atoms with Crippen LogP contribution in [0.4, 0.5) is 0 Å². The number of phenols is 2. The van der Waals surface area contributed by atoms with Crippen molar-refractivity contribution in [3.8, 4) is 22.6 Å². The van der Waals surface area contributed by atoms with E-state index in [-0.39, 0.29) is 11.5 Å². The molecule has 84 valence electrons. The average Bonchev–Trinajstić information content (AvgIpc) is 2.60. The van der Waals surface area contributed by atoms with Crippen LogP contribution in [0, 0.1) is 0 Å². The van der Waals surface area contributed by atoms with E-state index >= 15 is 0 Å². The second-order valence-electron chi connectivity index (χ2n) is 3.91. The van der Waals surface area contributed by atoms with Crippen molar-refractivity contribution < 1.29 is 15.4 Å². The molecular formula is C13H9NO3. The van der Waals surface area contributed by atoms with Crippen LogP contribution in [-0.4, -0.2) is 21.1 Å². The summed E-state index contributed by atoms with van der Waals surface area (Å²) in [7, 11) is 0. The molecule has 0 unspecified atom stereocenters. The molecule has 0 fully saturated rings. The monoisotopic (exact) mass is 227 g/mol. The number of hydrogen-bond acceptors (Lipinski definition) is 4. The van der Waals surface area contributed by atoms with Crippen LogP contribution in [0.2, 0.25) is 0 Å². The van der Waals surface area contributed by atoms with Gasteiger partial charge in [0.1, 0.15) is 17.2 Å². The lowest BCUT2D eigenvalue weighted by atomic mass is 10.1. The van der Waals surface area contributed by atoms with Crippen molar-refractivity contribution in [1.82, 2.24) is 0 Å². The standard InChI is InChI=1S/C13H9NO3/c15-7-1-3-9-10-4-2-8(16)6-12(10)13(14-17)11(9)5-7/h1-6,15-17H. The smallest absolute Gasteiger partial charge is 0.118 e. The van der Waals surface area contributed by atoms with E-state index in [2.05, 4.69) is 5.16 Å². The molecule has 0 heterocycles. The maximum absolute atomic E-state index is 9.46. The summed E-state index contributed by atoms with van der Waals surface area (Å²) in [6, 6.07) is 9.77. The highest BCUT2D eigenvalue weighted by Crippen LogP contribution is 2.39. The summed E-state index contributed by atoms with van der Waals surface area (Å²) in [5.74, 6) is 0.226. The van der Waals surface area contributed by atoms with Crippen molar-refractivity contribution >= 4 is 5.71 Å². The fourth-order valence-electron chi connectivity index (χ4n) is 2.18. The first-order chi connectivity index (χ1) is 8.20. The van der Waals surface area contributed by atoms with Gasteiger partial charge in [0.05, 0.1) is 0 Å². The molecule has 3 rings (SSSR count). The second kappa shape index (κ2) is 3.25. The SMILES string of the molecule is ON=C1c2cc(O)ccc2-c2ccc(O)cc21. The molecule has 0 radical (unpaired) electrons. The van der Waals surface area contributed by atoms with Crippen molar-refractivity contribution in [2.45, 2.75) is 0 Å². The number of aromatic hydroxyl groups is 2. The van der Waals surface area contributed by atoms with E-state index in [9.17, 15) is 10.2 Å². The minimum absolute atomic E-state index is 0.113. The normalized spacial score (nSPS) is 12.1. The second-order valence-corrected chi connectivity index (χ2v) is 3.91. The van der Waals surface area contributed by atoms with Gasteiger partial charge in [-0.3, -0.25) is 0 Å². The van der Waals surface area contributed by atoms with Crippen LogP contribution >= 0.6 is 0 Å². The van der Waals surface area contributed by atoms with Gasteiger partial charge in [0.15, 0.2) is 0 Å². The summed E-state index contributed by atoms with van der Waals surface area (Å²) >= 11 is 0. The summed E-state index contributed by atoms with van der Waals surface area (Å²) in [4.78, 5) is 0. The Morgan fingerprint density at radius 3 is 1.59 bits per heavy atom. The van der Waals surface area contributed by atoms with E-state index < -0.39 is 0 Å². The molecule has 1 aliphatic rings. The largest absolute Gasteiger partial charge is 0.508 e. The number of benzene rings is 2. The number of phenolic OH excluding ortho intramolecular Hbond substituents is 2. The maximum Gasteiger partial charge on any atom is 0.118 e. The zero-order valence-electron chi connectivity index (χ0n) is 8.75. The molecule has 2 aromatic rings. The highest BCUT2D eigenvalue weighted by atomic mass is 16.4. The van der Waals surface area contributed by atoms with Gasteiger partial charge in [-0.25, -0.2) is 0 Å². The van der Waals surface area contributed by atoms with Gasteiger partial charge < -0.3 is 15.4 Å². The van der Waals surface area contributed by atoms with Gasteiger partial charge >= 0.3 is 0 Å². The number of fused-ring (bicyclic) bond motifs is 3. The van der Waals surface area contributed by atoms with E-state index in [0.717, 1.165) is 11.1 Å². The Morgan fingerprint density at radius 1 is 0.706 bits per heavy atom. The molecule has 0 aliphatic heterocycles. The van der Waals surface area contributed by atoms with E-state index in [0.29, 0.717) is 16.8 Å². The lowest BCUT2D eigenvalue weighted by Gasteiger charge is -2.00. The first kappa shape index (κ1) is 9.72. The summed E-state index contributed by atoms with van der Waals surface area (Å²) < 4.78 is 0. The predicted octanol–water partition coefficient (Wildman–Crippen LogP) is 2.30. The molecule has 3 N–H and O–H groups in total. The van der Waals surface area contributed by atoms with Crippen LogP contribution in [0.1, 0.15) is 11.1 Å². The molecule has 0 amide bonds. The van der Waals surface area contributed by atoms with Crippen LogP contribution in [-0.2, 0) is 0 Å². The van der Waals surface area contributed by atoms with Crippen molar-refractivity contribution in [2.24, 2.45) is 5.16 Å². The van der Waals surface area contributed by atoms with Crippen LogP contribution < -0.4 is 0 Å². The molecular weight excluding hydrogens is 218 g/mol. The average molecular weight is 227 g/mol. The van der Waals surface area contributed by atoms with Crippen LogP contribution in [0.15, 0.2) is 41.6 Å². The van der Waals surface area contributed by atoms with E-state index in [1.165, 1.54) is 0 Å². The Labute approximate surface area is 97.1 Å². The van der Waals surface area contributed by atoms with Crippen LogP contribution in [0.25, 0.3) is 11.1 Å². The van der Waals surface area contributed by atoms with Crippen molar-refractivity contribution in [3.63, 3.8) is 0 Å². The number of oxime groups is 1. The lowest BCUT2D eigenvalue weighted by Crippen LogP contribution is -1.97. The predicted molar refractivity (Wildman–Crippen MR) is 62.6 cm³/mol. The molecule has 0 spiro atoms. The summed E-state index contributed by atoms with van der Waals surface area (Å²) in [6.07, 6.45) is 0. The summed E-state index contributed by atoms with van der Waals surface area (Å²) in [5, 5.41) is 31.2. The Bertz CT molecular complexity index is 594. The van der Waals surface area contributed by atoms with Gasteiger partial charge in [-0.1, -0.05) is 17.3 Å². The molecule has 0 saturated carbocycles. The Kier molecular flexibility index (Phi) is 1.86. The number of rotatable bonds is 0. The van der Waals surface area contributed by atoms with Crippen LogP contribution in [0.3, 0.4) is 0 Å². The van der Waals surface area contributed by atoms with Crippen molar-refractivity contribution in [3.05, 3.63) is 47.5 Å². The van der Waals surface area contributed by atoms with E-state index in [1.807, 2.05) is 0 Å². The number of hydrogen-bond donors (Lipinski definition) is 3. The molecule has 1 aliphatic carbocycles. The Hall–Kier alpha value is -2.49. The first-order valence-electron chi connectivity index (χ1n) is 5.10. The van der Waals surface area contributed by atoms with Gasteiger partial charge in [-0.2, -0.15) is 0 Å². The fourth-order valence-corrected chi connectivity index (χ4v) is 2.18. The van der Waals surface area contributed by atoms with Gasteiger partial charge in [-0.05, 0) is 35.4 Å². The molecule has 0 bridgehead atoms. The topological polar surface area (TPSA) is 73.1 Å². The van der Waals surface area contributed by atoms with Crippen molar-refractivity contribution in [2.75, 3.05) is 0 Å². The zero-order chi connectivity index (χ0) is 12.0. The molecule has 0 atom stereocenters. The third-order valence-electron chi connectivity index (χ3n) is 2.91. The lowest BCUT2D eigenvalue weighted by molar-refractivity contribution is 0.320. The van der Waals surface area contributed by atoms with Gasteiger partial charge in [0, 0.05) is 11.1 Å². The minimum atomic E-state index is 0.113. The quantitative estimate of drug-likeness (QED) is 0.407. The molecule has 2 aromatic carbocycles. The zero-order valence-corrected chi connectivity index (χ0v) is 8.75. The molecule has 17 heavy (non-hydrogen) atoms. The molecule has 0 saturated heterocycles. The Morgan fingerprint density at radius 2 is 1.18 bits per heavy atom.